The normalized spacial score (nSPS) is 12.5. The summed E-state index contributed by atoms with van der Waals surface area (Å²) in [7, 11) is 1.44. The van der Waals surface area contributed by atoms with Crippen LogP contribution in [0, 0.1) is 5.92 Å². The second kappa shape index (κ2) is 6.99. The molecule has 1 rings (SSSR count). The number of methoxy groups -OCH3 is 1. The third-order valence-electron chi connectivity index (χ3n) is 2.67. The van der Waals surface area contributed by atoms with E-state index in [2.05, 4.69) is 48.6 Å². The van der Waals surface area contributed by atoms with Crippen LogP contribution in [0.2, 0.25) is 0 Å². The fourth-order valence-electron chi connectivity index (χ4n) is 1.79. The van der Waals surface area contributed by atoms with Crippen molar-refractivity contribution < 1.29 is 9.53 Å². The Labute approximate surface area is 117 Å². The molecule has 0 spiro atoms. The number of alkyl halides is 1. The maximum atomic E-state index is 11.6. The van der Waals surface area contributed by atoms with Gasteiger partial charge >= 0.3 is 5.97 Å². The van der Waals surface area contributed by atoms with Gasteiger partial charge in [0, 0.05) is 4.43 Å². The lowest BCUT2D eigenvalue weighted by molar-refractivity contribution is -0.141. The maximum absolute atomic E-state index is 11.6. The Morgan fingerprint density at radius 3 is 2.29 bits per heavy atom. The zero-order valence-corrected chi connectivity index (χ0v) is 12.7. The summed E-state index contributed by atoms with van der Waals surface area (Å²) < 4.78 is 5.55. The average molecular weight is 346 g/mol. The fraction of sp³-hybridized carbons (Fsp3) is 0.500. The van der Waals surface area contributed by atoms with Gasteiger partial charge in [0.25, 0.3) is 0 Å². The van der Waals surface area contributed by atoms with Crippen LogP contribution in [0.1, 0.15) is 30.9 Å². The molecule has 1 aromatic rings. The van der Waals surface area contributed by atoms with Crippen LogP contribution in [0.25, 0.3) is 0 Å². The highest BCUT2D eigenvalue weighted by Crippen LogP contribution is 2.21. The van der Waals surface area contributed by atoms with Crippen LogP contribution in [0.5, 0.6) is 0 Å². The largest absolute Gasteiger partial charge is 0.469 e. The minimum atomic E-state index is -0.156. The highest BCUT2D eigenvalue weighted by atomic mass is 127. The van der Waals surface area contributed by atoms with E-state index in [4.69, 9.17) is 4.74 Å². The number of carbonyl (C=O) groups excluding carboxylic acids is 1. The van der Waals surface area contributed by atoms with Crippen molar-refractivity contribution in [2.24, 2.45) is 5.92 Å². The van der Waals surface area contributed by atoms with E-state index in [0.29, 0.717) is 5.92 Å². The molecule has 3 heteroatoms. The van der Waals surface area contributed by atoms with Gasteiger partial charge in [0.05, 0.1) is 13.0 Å². The second-order valence-electron chi connectivity index (χ2n) is 4.57. The monoisotopic (exact) mass is 346 g/mol. The zero-order chi connectivity index (χ0) is 12.8. The van der Waals surface area contributed by atoms with E-state index in [1.807, 2.05) is 12.1 Å². The first-order chi connectivity index (χ1) is 8.08. The predicted octanol–water partition coefficient (Wildman–Crippen LogP) is 3.58. The first-order valence-electron chi connectivity index (χ1n) is 5.81. The third-order valence-corrected chi connectivity index (χ3v) is 3.55. The summed E-state index contributed by atoms with van der Waals surface area (Å²) in [5.74, 6) is 0.353. The molecule has 0 fully saturated rings. The van der Waals surface area contributed by atoms with Gasteiger partial charge in [-0.15, -0.1) is 0 Å². The Morgan fingerprint density at radius 2 is 1.88 bits per heavy atom. The highest BCUT2D eigenvalue weighted by molar-refractivity contribution is 14.1. The molecule has 17 heavy (non-hydrogen) atoms. The van der Waals surface area contributed by atoms with Gasteiger partial charge in [-0.2, -0.15) is 0 Å². The van der Waals surface area contributed by atoms with Crippen LogP contribution in [0.3, 0.4) is 0 Å². The molecule has 0 aliphatic rings. The van der Waals surface area contributed by atoms with Crippen molar-refractivity contribution in [1.82, 2.24) is 0 Å². The fourth-order valence-corrected chi connectivity index (χ4v) is 2.66. The maximum Gasteiger partial charge on any atom is 0.313 e. The SMILES string of the molecule is COC(=O)C(CI)c1ccc(CC(C)C)cc1. The number of ether oxygens (including phenoxy) is 1. The highest BCUT2D eigenvalue weighted by Gasteiger charge is 2.19. The van der Waals surface area contributed by atoms with Crippen LogP contribution in [0.15, 0.2) is 24.3 Å². The van der Waals surface area contributed by atoms with E-state index in [0.717, 1.165) is 16.4 Å². The summed E-state index contributed by atoms with van der Waals surface area (Å²) in [4.78, 5) is 11.6. The van der Waals surface area contributed by atoms with E-state index < -0.39 is 0 Å². The van der Waals surface area contributed by atoms with Gasteiger partial charge in [0.2, 0.25) is 0 Å². The van der Waals surface area contributed by atoms with E-state index in [1.165, 1.54) is 12.7 Å². The summed E-state index contributed by atoms with van der Waals surface area (Å²) in [6.45, 7) is 4.41. The second-order valence-corrected chi connectivity index (χ2v) is 5.45. The van der Waals surface area contributed by atoms with Crippen molar-refractivity contribution in [2.45, 2.75) is 26.2 Å². The average Bonchev–Trinajstić information content (AvgIpc) is 2.31. The number of halogens is 1. The molecular weight excluding hydrogens is 327 g/mol. The third kappa shape index (κ3) is 4.30. The molecular formula is C14H19IO2. The molecule has 0 bridgehead atoms. The van der Waals surface area contributed by atoms with Gasteiger partial charge in [0.1, 0.15) is 0 Å². The lowest BCUT2D eigenvalue weighted by Crippen LogP contribution is -2.15. The molecule has 0 aliphatic carbocycles. The number of carbonyl (C=O) groups is 1. The lowest BCUT2D eigenvalue weighted by Gasteiger charge is -2.13. The van der Waals surface area contributed by atoms with E-state index in [9.17, 15) is 4.79 Å². The summed E-state index contributed by atoms with van der Waals surface area (Å²) in [6, 6.07) is 8.30. The molecule has 0 heterocycles. The van der Waals surface area contributed by atoms with E-state index >= 15 is 0 Å². The smallest absolute Gasteiger partial charge is 0.313 e. The van der Waals surface area contributed by atoms with Crippen molar-refractivity contribution in [3.63, 3.8) is 0 Å². The zero-order valence-electron chi connectivity index (χ0n) is 10.6. The molecule has 0 saturated carbocycles. The number of hydrogen-bond donors (Lipinski definition) is 0. The molecule has 0 amide bonds. The van der Waals surface area contributed by atoms with Gasteiger partial charge in [0.15, 0.2) is 0 Å². The van der Waals surface area contributed by atoms with Gasteiger partial charge in [-0.3, -0.25) is 4.79 Å². The van der Waals surface area contributed by atoms with Gasteiger partial charge in [-0.25, -0.2) is 0 Å². The minimum Gasteiger partial charge on any atom is -0.469 e. The molecule has 0 aliphatic heterocycles. The van der Waals surface area contributed by atoms with Crippen LogP contribution in [-0.4, -0.2) is 17.5 Å². The predicted molar refractivity (Wildman–Crippen MR) is 78.6 cm³/mol. The van der Waals surface area contributed by atoms with E-state index in [1.54, 1.807) is 0 Å². The van der Waals surface area contributed by atoms with Gasteiger partial charge in [-0.1, -0.05) is 60.7 Å². The summed E-state index contributed by atoms with van der Waals surface area (Å²) in [5.41, 5.74) is 2.36. The molecule has 0 saturated heterocycles. The Bertz CT molecular complexity index is 357. The first kappa shape index (κ1) is 14.5. The van der Waals surface area contributed by atoms with Crippen LogP contribution in [0.4, 0.5) is 0 Å². The number of esters is 1. The van der Waals surface area contributed by atoms with Crippen LogP contribution < -0.4 is 0 Å². The Kier molecular flexibility index (Phi) is 5.95. The molecule has 94 valence electrons. The van der Waals surface area contributed by atoms with Crippen molar-refractivity contribution in [2.75, 3.05) is 11.5 Å². The van der Waals surface area contributed by atoms with Crippen molar-refractivity contribution in [3.05, 3.63) is 35.4 Å². The molecule has 1 aromatic carbocycles. The Balaban J connectivity index is 2.81. The lowest BCUT2D eigenvalue weighted by atomic mass is 9.97. The molecule has 1 unspecified atom stereocenters. The number of rotatable bonds is 5. The summed E-state index contributed by atoms with van der Waals surface area (Å²) in [5, 5.41) is 0. The number of hydrogen-bond acceptors (Lipinski definition) is 2. The summed E-state index contributed by atoms with van der Waals surface area (Å²) >= 11 is 2.22. The Hall–Kier alpha value is -0.580. The van der Waals surface area contributed by atoms with Crippen LogP contribution >= 0.6 is 22.6 Å². The van der Waals surface area contributed by atoms with Crippen molar-refractivity contribution in [1.29, 1.82) is 0 Å². The standard InChI is InChI=1S/C14H19IO2/c1-10(2)8-11-4-6-12(7-5-11)13(9-15)14(16)17-3/h4-7,10,13H,8-9H2,1-3H3. The summed E-state index contributed by atoms with van der Waals surface area (Å²) in [6.07, 6.45) is 1.08. The molecule has 1 atom stereocenters. The molecule has 0 N–H and O–H groups in total. The molecule has 0 radical (unpaired) electrons. The van der Waals surface area contributed by atoms with Crippen molar-refractivity contribution in [3.8, 4) is 0 Å². The minimum absolute atomic E-state index is 0.145. The van der Waals surface area contributed by atoms with Crippen LogP contribution in [-0.2, 0) is 16.0 Å². The van der Waals surface area contributed by atoms with Crippen molar-refractivity contribution >= 4 is 28.6 Å². The quantitative estimate of drug-likeness (QED) is 0.463. The molecule has 0 aromatic heterocycles. The molecule has 2 nitrogen and oxygen atoms in total. The Morgan fingerprint density at radius 1 is 1.29 bits per heavy atom. The van der Waals surface area contributed by atoms with E-state index in [-0.39, 0.29) is 11.9 Å². The van der Waals surface area contributed by atoms with Gasteiger partial charge < -0.3 is 4.74 Å². The first-order valence-corrected chi connectivity index (χ1v) is 7.33. The topological polar surface area (TPSA) is 26.3 Å². The number of benzene rings is 1. The van der Waals surface area contributed by atoms with Gasteiger partial charge in [-0.05, 0) is 23.5 Å².